The maximum Gasteiger partial charge on any atom is 0.212 e. The number of para-hydroxylation sites is 1. The summed E-state index contributed by atoms with van der Waals surface area (Å²) >= 11 is 1.56. The van der Waals surface area contributed by atoms with Crippen molar-refractivity contribution in [2.75, 3.05) is 6.61 Å². The molecule has 0 amide bonds. The SMILES string of the molecule is NCc1csc2nc(CCOc3ccccc3)nn12. The minimum Gasteiger partial charge on any atom is -0.493 e. The van der Waals surface area contributed by atoms with Gasteiger partial charge < -0.3 is 10.5 Å². The van der Waals surface area contributed by atoms with Gasteiger partial charge in [-0.1, -0.05) is 18.2 Å². The van der Waals surface area contributed by atoms with E-state index in [1.807, 2.05) is 40.2 Å². The summed E-state index contributed by atoms with van der Waals surface area (Å²) in [5.74, 6) is 1.66. The Bertz CT molecular complexity index is 662. The van der Waals surface area contributed by atoms with Crippen LogP contribution in [-0.4, -0.2) is 21.2 Å². The third kappa shape index (κ3) is 2.59. The Labute approximate surface area is 114 Å². The van der Waals surface area contributed by atoms with Crippen LogP contribution in [0.15, 0.2) is 35.7 Å². The van der Waals surface area contributed by atoms with Crippen molar-refractivity contribution >= 4 is 16.3 Å². The van der Waals surface area contributed by atoms with E-state index < -0.39 is 0 Å². The van der Waals surface area contributed by atoms with E-state index in [0.29, 0.717) is 19.6 Å². The van der Waals surface area contributed by atoms with E-state index in [2.05, 4.69) is 10.1 Å². The summed E-state index contributed by atoms with van der Waals surface area (Å²) in [6.45, 7) is 1.04. The molecule has 0 aliphatic rings. The summed E-state index contributed by atoms with van der Waals surface area (Å²) in [6, 6.07) is 9.74. The number of aromatic nitrogens is 3. The van der Waals surface area contributed by atoms with Gasteiger partial charge in [0.15, 0.2) is 5.82 Å². The van der Waals surface area contributed by atoms with Gasteiger partial charge in [-0.25, -0.2) is 9.50 Å². The zero-order valence-corrected chi connectivity index (χ0v) is 11.1. The van der Waals surface area contributed by atoms with Gasteiger partial charge in [-0.2, -0.15) is 5.10 Å². The molecule has 0 saturated heterocycles. The van der Waals surface area contributed by atoms with Crippen LogP contribution in [-0.2, 0) is 13.0 Å². The van der Waals surface area contributed by atoms with Crippen LogP contribution < -0.4 is 10.5 Å². The Morgan fingerprint density at radius 3 is 2.89 bits per heavy atom. The van der Waals surface area contributed by atoms with Crippen LogP contribution >= 0.6 is 11.3 Å². The molecule has 0 spiro atoms. The van der Waals surface area contributed by atoms with Gasteiger partial charge in [-0.15, -0.1) is 11.3 Å². The van der Waals surface area contributed by atoms with Crippen LogP contribution in [0.5, 0.6) is 5.75 Å². The molecule has 6 heteroatoms. The zero-order valence-electron chi connectivity index (χ0n) is 10.3. The number of hydrogen-bond acceptors (Lipinski definition) is 5. The highest BCUT2D eigenvalue weighted by molar-refractivity contribution is 7.15. The maximum absolute atomic E-state index is 5.64. The molecule has 2 aromatic heterocycles. The molecule has 98 valence electrons. The molecule has 3 rings (SSSR count). The van der Waals surface area contributed by atoms with Crippen LogP contribution in [0, 0.1) is 0 Å². The lowest BCUT2D eigenvalue weighted by atomic mass is 10.3. The predicted molar refractivity (Wildman–Crippen MR) is 74.4 cm³/mol. The van der Waals surface area contributed by atoms with E-state index in [9.17, 15) is 0 Å². The minimum absolute atomic E-state index is 0.476. The Balaban J connectivity index is 1.64. The predicted octanol–water partition coefficient (Wildman–Crippen LogP) is 1.87. The van der Waals surface area contributed by atoms with Crippen molar-refractivity contribution in [3.05, 3.63) is 47.2 Å². The summed E-state index contributed by atoms with van der Waals surface area (Å²) in [5.41, 5.74) is 6.63. The molecule has 5 nitrogen and oxygen atoms in total. The van der Waals surface area contributed by atoms with Crippen molar-refractivity contribution in [3.63, 3.8) is 0 Å². The summed E-state index contributed by atoms with van der Waals surface area (Å²) < 4.78 is 7.44. The smallest absolute Gasteiger partial charge is 0.212 e. The number of nitrogens with two attached hydrogens (primary N) is 1. The van der Waals surface area contributed by atoms with Gasteiger partial charge in [0.25, 0.3) is 0 Å². The number of thiazole rings is 1. The molecule has 0 atom stereocenters. The van der Waals surface area contributed by atoms with Gasteiger partial charge in [0.2, 0.25) is 4.96 Å². The van der Waals surface area contributed by atoms with Crippen LogP contribution in [0.25, 0.3) is 4.96 Å². The largest absolute Gasteiger partial charge is 0.493 e. The highest BCUT2D eigenvalue weighted by Gasteiger charge is 2.08. The lowest BCUT2D eigenvalue weighted by Gasteiger charge is -2.03. The van der Waals surface area contributed by atoms with Gasteiger partial charge in [-0.05, 0) is 12.1 Å². The van der Waals surface area contributed by atoms with Crippen molar-refractivity contribution in [3.8, 4) is 5.75 Å². The number of nitrogens with zero attached hydrogens (tertiary/aromatic N) is 3. The fraction of sp³-hybridized carbons (Fsp3) is 0.231. The highest BCUT2D eigenvalue weighted by Crippen LogP contribution is 2.14. The molecule has 0 fully saturated rings. The number of rotatable bonds is 5. The summed E-state index contributed by atoms with van der Waals surface area (Å²) in [7, 11) is 0. The van der Waals surface area contributed by atoms with Crippen LogP contribution in [0.1, 0.15) is 11.5 Å². The summed E-state index contributed by atoms with van der Waals surface area (Å²) in [6.07, 6.45) is 0.688. The monoisotopic (exact) mass is 274 g/mol. The van der Waals surface area contributed by atoms with E-state index in [-0.39, 0.29) is 0 Å². The standard InChI is InChI=1S/C13H14N4OS/c14-8-10-9-19-13-15-12(16-17(10)13)6-7-18-11-4-2-1-3-5-11/h1-5,9H,6-8,14H2. The van der Waals surface area contributed by atoms with Crippen molar-refractivity contribution in [2.45, 2.75) is 13.0 Å². The van der Waals surface area contributed by atoms with Gasteiger partial charge in [-0.3, -0.25) is 0 Å². The van der Waals surface area contributed by atoms with E-state index in [0.717, 1.165) is 22.2 Å². The molecule has 0 unspecified atom stereocenters. The van der Waals surface area contributed by atoms with E-state index in [1.54, 1.807) is 11.3 Å². The second kappa shape index (κ2) is 5.38. The topological polar surface area (TPSA) is 65.4 Å². The number of hydrogen-bond donors (Lipinski definition) is 1. The lowest BCUT2D eigenvalue weighted by molar-refractivity contribution is 0.319. The quantitative estimate of drug-likeness (QED) is 0.771. The first kappa shape index (κ1) is 12.1. The number of fused-ring (bicyclic) bond motifs is 1. The summed E-state index contributed by atoms with van der Waals surface area (Å²) in [4.78, 5) is 5.33. The Kier molecular flexibility index (Phi) is 3.43. The van der Waals surface area contributed by atoms with Gasteiger partial charge in [0.05, 0.1) is 12.3 Å². The molecule has 2 N–H and O–H groups in total. The van der Waals surface area contributed by atoms with Crippen molar-refractivity contribution in [1.82, 2.24) is 14.6 Å². The summed E-state index contributed by atoms with van der Waals surface area (Å²) in [5, 5.41) is 6.42. The van der Waals surface area contributed by atoms with Gasteiger partial charge in [0, 0.05) is 18.3 Å². The number of benzene rings is 1. The molecule has 19 heavy (non-hydrogen) atoms. The molecular weight excluding hydrogens is 260 g/mol. The van der Waals surface area contributed by atoms with E-state index >= 15 is 0 Å². The Morgan fingerprint density at radius 2 is 2.11 bits per heavy atom. The molecule has 1 aromatic carbocycles. The third-order valence-electron chi connectivity index (χ3n) is 2.74. The van der Waals surface area contributed by atoms with Crippen LogP contribution in [0.4, 0.5) is 0 Å². The minimum atomic E-state index is 0.476. The number of ether oxygens (including phenoxy) is 1. The second-order valence-corrected chi connectivity index (χ2v) is 4.90. The van der Waals surface area contributed by atoms with E-state index in [1.165, 1.54) is 0 Å². The molecule has 0 radical (unpaired) electrons. The lowest BCUT2D eigenvalue weighted by Crippen LogP contribution is -2.04. The average molecular weight is 274 g/mol. The molecule has 0 saturated carbocycles. The maximum atomic E-state index is 5.64. The zero-order chi connectivity index (χ0) is 13.1. The third-order valence-corrected chi connectivity index (χ3v) is 3.61. The van der Waals surface area contributed by atoms with E-state index in [4.69, 9.17) is 10.5 Å². The first-order chi connectivity index (χ1) is 9.36. The van der Waals surface area contributed by atoms with Crippen LogP contribution in [0.2, 0.25) is 0 Å². The average Bonchev–Trinajstić information content (AvgIpc) is 2.99. The highest BCUT2D eigenvalue weighted by atomic mass is 32.1. The van der Waals surface area contributed by atoms with Crippen molar-refractivity contribution in [1.29, 1.82) is 0 Å². The Hall–Kier alpha value is -1.92. The van der Waals surface area contributed by atoms with Gasteiger partial charge in [0.1, 0.15) is 5.75 Å². The molecule has 0 bridgehead atoms. The Morgan fingerprint density at radius 1 is 1.26 bits per heavy atom. The molecule has 0 aliphatic carbocycles. The normalized spacial score (nSPS) is 11.0. The molecule has 0 aliphatic heterocycles. The fourth-order valence-corrected chi connectivity index (χ4v) is 2.64. The second-order valence-electron chi connectivity index (χ2n) is 4.07. The molecular formula is C13H14N4OS. The van der Waals surface area contributed by atoms with Crippen molar-refractivity contribution < 1.29 is 4.74 Å². The molecule has 2 heterocycles. The first-order valence-corrected chi connectivity index (χ1v) is 6.95. The first-order valence-electron chi connectivity index (χ1n) is 6.07. The fourth-order valence-electron chi connectivity index (χ4n) is 1.79. The van der Waals surface area contributed by atoms with Crippen LogP contribution in [0.3, 0.4) is 0 Å². The van der Waals surface area contributed by atoms with Gasteiger partial charge >= 0.3 is 0 Å². The van der Waals surface area contributed by atoms with Crippen molar-refractivity contribution in [2.24, 2.45) is 5.73 Å². The molecule has 3 aromatic rings.